The second kappa shape index (κ2) is 9.19. The van der Waals surface area contributed by atoms with Crippen LogP contribution in [0, 0.1) is 0 Å². The summed E-state index contributed by atoms with van der Waals surface area (Å²) in [5, 5.41) is 0.471. The van der Waals surface area contributed by atoms with Crippen molar-refractivity contribution in [2.24, 2.45) is 0 Å². The molecule has 36 heavy (non-hydrogen) atoms. The summed E-state index contributed by atoms with van der Waals surface area (Å²) in [6.07, 6.45) is 0. The second-order valence-electron chi connectivity index (χ2n) is 8.83. The van der Waals surface area contributed by atoms with Crippen molar-refractivity contribution in [1.29, 1.82) is 0 Å². The van der Waals surface area contributed by atoms with E-state index in [2.05, 4.69) is 0 Å². The highest BCUT2D eigenvalue weighted by Gasteiger charge is 2.42. The summed E-state index contributed by atoms with van der Waals surface area (Å²) in [5.74, 6) is 0.544. The Morgan fingerprint density at radius 2 is 1.36 bits per heavy atom. The van der Waals surface area contributed by atoms with Crippen LogP contribution in [-0.2, 0) is 13.2 Å². The first-order valence-electron chi connectivity index (χ1n) is 11.9. The molecule has 4 aromatic carbocycles. The van der Waals surface area contributed by atoms with Crippen LogP contribution in [0.5, 0.6) is 5.75 Å². The molecule has 0 aliphatic carbocycles. The molecule has 0 saturated heterocycles. The van der Waals surface area contributed by atoms with E-state index >= 15 is 0 Å². The normalized spacial score (nSPS) is 14.7. The van der Waals surface area contributed by atoms with Crippen molar-refractivity contribution in [3.05, 3.63) is 147 Å². The Kier molecular flexibility index (Phi) is 5.58. The molecule has 2 heterocycles. The molecule has 1 unspecified atom stereocenters. The first kappa shape index (κ1) is 21.9. The summed E-state index contributed by atoms with van der Waals surface area (Å²) in [7, 11) is 0. The molecule has 0 spiro atoms. The predicted molar refractivity (Wildman–Crippen MR) is 138 cm³/mol. The fraction of sp³-hybridized carbons (Fsp3) is 0.0968. The van der Waals surface area contributed by atoms with Crippen molar-refractivity contribution in [3.8, 4) is 5.75 Å². The second-order valence-corrected chi connectivity index (χ2v) is 8.83. The largest absolute Gasteiger partial charge is 0.489 e. The smallest absolute Gasteiger partial charge is 0.291 e. The Bertz CT molecular complexity index is 1590. The Morgan fingerprint density at radius 3 is 2.08 bits per heavy atom. The topological polar surface area (TPSA) is 59.8 Å². The van der Waals surface area contributed by atoms with Crippen LogP contribution in [0.4, 0.5) is 0 Å². The molecule has 5 nitrogen and oxygen atoms in total. The molecule has 0 N–H and O–H groups in total. The first-order valence-corrected chi connectivity index (χ1v) is 11.9. The molecule has 0 saturated carbocycles. The Labute approximate surface area is 208 Å². The van der Waals surface area contributed by atoms with Crippen molar-refractivity contribution in [3.63, 3.8) is 0 Å². The SMILES string of the molecule is O=C1c2oc3ccccc3c(=O)c2C(c2ccc(OCc3ccccc3)cc2)N1Cc1ccccc1. The van der Waals surface area contributed by atoms with E-state index in [1.165, 1.54) is 0 Å². The van der Waals surface area contributed by atoms with E-state index in [1.54, 1.807) is 29.2 Å². The van der Waals surface area contributed by atoms with Gasteiger partial charge in [0.05, 0.1) is 17.0 Å². The molecule has 176 valence electrons. The lowest BCUT2D eigenvalue weighted by molar-refractivity contribution is 0.0714. The van der Waals surface area contributed by atoms with Gasteiger partial charge in [0.1, 0.15) is 17.9 Å². The van der Waals surface area contributed by atoms with Crippen molar-refractivity contribution >= 4 is 16.9 Å². The molecule has 0 bridgehead atoms. The summed E-state index contributed by atoms with van der Waals surface area (Å²) >= 11 is 0. The van der Waals surface area contributed by atoms with E-state index in [4.69, 9.17) is 9.15 Å². The Hall–Kier alpha value is -4.64. The van der Waals surface area contributed by atoms with E-state index in [9.17, 15) is 9.59 Å². The molecule has 5 aromatic rings. The van der Waals surface area contributed by atoms with Gasteiger partial charge in [-0.05, 0) is 41.0 Å². The summed E-state index contributed by atoms with van der Waals surface area (Å²) in [4.78, 5) is 28.9. The van der Waals surface area contributed by atoms with Gasteiger partial charge in [-0.1, -0.05) is 84.9 Å². The minimum absolute atomic E-state index is 0.115. The maximum Gasteiger partial charge on any atom is 0.291 e. The zero-order valence-electron chi connectivity index (χ0n) is 19.5. The van der Waals surface area contributed by atoms with Crippen LogP contribution in [0.25, 0.3) is 11.0 Å². The molecule has 1 aliphatic heterocycles. The number of rotatable bonds is 6. The van der Waals surface area contributed by atoms with Gasteiger partial charge in [0.15, 0.2) is 5.43 Å². The summed E-state index contributed by atoms with van der Waals surface area (Å²) in [6, 6.07) is 33.8. The molecule has 1 amide bonds. The molecule has 1 atom stereocenters. The van der Waals surface area contributed by atoms with Crippen LogP contribution in [0.2, 0.25) is 0 Å². The molecule has 0 fully saturated rings. The van der Waals surface area contributed by atoms with Crippen molar-refractivity contribution in [1.82, 2.24) is 4.90 Å². The molecular formula is C31H23NO4. The van der Waals surface area contributed by atoms with Gasteiger partial charge < -0.3 is 14.1 Å². The van der Waals surface area contributed by atoms with Gasteiger partial charge in [0.2, 0.25) is 5.76 Å². The number of fused-ring (bicyclic) bond motifs is 2. The van der Waals surface area contributed by atoms with Gasteiger partial charge >= 0.3 is 0 Å². The van der Waals surface area contributed by atoms with E-state index in [0.29, 0.717) is 35.4 Å². The number of nitrogens with zero attached hydrogens (tertiary/aromatic N) is 1. The zero-order chi connectivity index (χ0) is 24.5. The van der Waals surface area contributed by atoms with Crippen LogP contribution in [-0.4, -0.2) is 10.8 Å². The predicted octanol–water partition coefficient (Wildman–Crippen LogP) is 6.12. The van der Waals surface area contributed by atoms with Crippen molar-refractivity contribution in [2.45, 2.75) is 19.2 Å². The zero-order valence-corrected chi connectivity index (χ0v) is 19.5. The molecule has 1 aromatic heterocycles. The van der Waals surface area contributed by atoms with Crippen LogP contribution >= 0.6 is 0 Å². The minimum Gasteiger partial charge on any atom is -0.489 e. The lowest BCUT2D eigenvalue weighted by atomic mass is 9.98. The highest BCUT2D eigenvalue weighted by Crippen LogP contribution is 2.39. The number of benzene rings is 4. The van der Waals surface area contributed by atoms with Gasteiger partial charge in [-0.25, -0.2) is 0 Å². The Balaban J connectivity index is 1.39. The standard InChI is InChI=1S/C31H23NO4/c33-29-25-13-7-8-14-26(25)36-30-27(29)28(32(31(30)34)19-21-9-3-1-4-10-21)23-15-17-24(18-16-23)35-20-22-11-5-2-6-12-22/h1-18,28H,19-20H2. The quantitative estimate of drug-likeness (QED) is 0.298. The third-order valence-corrected chi connectivity index (χ3v) is 6.51. The number of hydrogen-bond acceptors (Lipinski definition) is 4. The first-order chi connectivity index (χ1) is 17.7. The third-order valence-electron chi connectivity index (χ3n) is 6.51. The third kappa shape index (κ3) is 3.95. The van der Waals surface area contributed by atoms with E-state index < -0.39 is 6.04 Å². The minimum atomic E-state index is -0.559. The van der Waals surface area contributed by atoms with E-state index in [1.807, 2.05) is 84.9 Å². The van der Waals surface area contributed by atoms with Crippen LogP contribution in [0.1, 0.15) is 38.9 Å². The Morgan fingerprint density at radius 1 is 0.722 bits per heavy atom. The summed E-state index contributed by atoms with van der Waals surface area (Å²) < 4.78 is 12.0. The van der Waals surface area contributed by atoms with Gasteiger partial charge in [0, 0.05) is 6.54 Å². The highest BCUT2D eigenvalue weighted by atomic mass is 16.5. The monoisotopic (exact) mass is 473 g/mol. The number of carbonyl (C=O) groups excluding carboxylic acids is 1. The van der Waals surface area contributed by atoms with Gasteiger partial charge in [-0.2, -0.15) is 0 Å². The van der Waals surface area contributed by atoms with Gasteiger partial charge in [0.25, 0.3) is 5.91 Å². The van der Waals surface area contributed by atoms with E-state index in [0.717, 1.165) is 16.7 Å². The van der Waals surface area contributed by atoms with Gasteiger partial charge in [-0.15, -0.1) is 0 Å². The number of para-hydroxylation sites is 1. The van der Waals surface area contributed by atoms with Crippen molar-refractivity contribution < 1.29 is 13.9 Å². The maximum absolute atomic E-state index is 13.6. The molecule has 0 radical (unpaired) electrons. The van der Waals surface area contributed by atoms with E-state index in [-0.39, 0.29) is 17.1 Å². The fourth-order valence-corrected chi connectivity index (χ4v) is 4.74. The number of hydrogen-bond donors (Lipinski definition) is 0. The average Bonchev–Trinajstić information content (AvgIpc) is 3.20. The van der Waals surface area contributed by atoms with Crippen LogP contribution in [0.15, 0.2) is 118 Å². The molecule has 1 aliphatic rings. The summed E-state index contributed by atoms with van der Waals surface area (Å²) in [6.45, 7) is 0.817. The maximum atomic E-state index is 13.6. The molecule has 5 heteroatoms. The van der Waals surface area contributed by atoms with Crippen LogP contribution < -0.4 is 10.2 Å². The van der Waals surface area contributed by atoms with Gasteiger partial charge in [-0.3, -0.25) is 9.59 Å². The van der Waals surface area contributed by atoms with Crippen LogP contribution in [0.3, 0.4) is 0 Å². The average molecular weight is 474 g/mol. The molecular weight excluding hydrogens is 450 g/mol. The lowest BCUT2D eigenvalue weighted by Gasteiger charge is -2.25. The number of carbonyl (C=O) groups is 1. The molecule has 6 rings (SSSR count). The summed E-state index contributed by atoms with van der Waals surface area (Å²) in [5.41, 5.74) is 3.50. The highest BCUT2D eigenvalue weighted by molar-refractivity contribution is 5.99. The fourth-order valence-electron chi connectivity index (χ4n) is 4.74. The number of amides is 1. The van der Waals surface area contributed by atoms with Crippen molar-refractivity contribution in [2.75, 3.05) is 0 Å². The number of ether oxygens (including phenoxy) is 1. The lowest BCUT2D eigenvalue weighted by Crippen LogP contribution is -2.29.